The molecule has 12 heteroatoms. The number of nitrogens with two attached hydrogens (primary N) is 2. The fourth-order valence-electron chi connectivity index (χ4n) is 2.84. The zero-order valence-electron chi connectivity index (χ0n) is 18.2. The summed E-state index contributed by atoms with van der Waals surface area (Å²) in [6.45, 7) is 3.54. The molecule has 0 aliphatic rings. The normalized spacial score (nSPS) is 13.2. The topological polar surface area (TPSA) is 105 Å². The van der Waals surface area contributed by atoms with Crippen molar-refractivity contribution in [3.8, 4) is 11.5 Å². The fourth-order valence-corrected chi connectivity index (χ4v) is 2.84. The van der Waals surface area contributed by atoms with Crippen molar-refractivity contribution in [2.24, 2.45) is 11.5 Å². The van der Waals surface area contributed by atoms with Gasteiger partial charge >= 0.3 is 12.7 Å². The monoisotopic (exact) mass is 494 g/mol. The number of carbonyl (C=O) groups excluding carboxylic acids is 2. The first kappa shape index (κ1) is 28.6. The Hall–Kier alpha value is -3.44. The summed E-state index contributed by atoms with van der Waals surface area (Å²) in [4.78, 5) is 21.4. The number of amides is 2. The van der Waals surface area contributed by atoms with Crippen molar-refractivity contribution in [2.45, 2.75) is 51.2 Å². The van der Waals surface area contributed by atoms with Crippen LogP contribution in [0.25, 0.3) is 0 Å². The Morgan fingerprint density at radius 1 is 0.676 bits per heavy atom. The van der Waals surface area contributed by atoms with Gasteiger partial charge in [-0.15, -0.1) is 26.3 Å². The summed E-state index contributed by atoms with van der Waals surface area (Å²) in [7, 11) is 0. The molecule has 2 aromatic carbocycles. The highest BCUT2D eigenvalue weighted by atomic mass is 19.4. The predicted octanol–water partition coefficient (Wildman–Crippen LogP) is 5.13. The van der Waals surface area contributed by atoms with Gasteiger partial charge in [0.2, 0.25) is 11.8 Å². The van der Waals surface area contributed by atoms with E-state index in [9.17, 15) is 35.9 Å². The average molecular weight is 494 g/mol. The third-order valence-corrected chi connectivity index (χ3v) is 4.38. The maximum Gasteiger partial charge on any atom is 0.573 e. The minimum Gasteiger partial charge on any atom is -0.406 e. The van der Waals surface area contributed by atoms with Crippen LogP contribution >= 0.6 is 0 Å². The van der Waals surface area contributed by atoms with Gasteiger partial charge < -0.3 is 20.9 Å². The van der Waals surface area contributed by atoms with Crippen LogP contribution < -0.4 is 20.9 Å². The van der Waals surface area contributed by atoms with Gasteiger partial charge in [-0.3, -0.25) is 9.59 Å². The van der Waals surface area contributed by atoms with E-state index < -0.39 is 24.5 Å². The lowest BCUT2D eigenvalue weighted by atomic mass is 9.97. The minimum absolute atomic E-state index is 0.132. The van der Waals surface area contributed by atoms with Crippen LogP contribution in [0.5, 0.6) is 11.5 Å². The molecule has 2 rings (SSSR count). The highest BCUT2D eigenvalue weighted by Crippen LogP contribution is 2.27. The summed E-state index contributed by atoms with van der Waals surface area (Å²) < 4.78 is 78.8. The van der Waals surface area contributed by atoms with E-state index in [-0.39, 0.29) is 36.2 Å². The molecule has 0 aliphatic heterocycles. The minimum atomic E-state index is -4.69. The van der Waals surface area contributed by atoms with E-state index in [1.807, 2.05) is 0 Å². The summed E-state index contributed by atoms with van der Waals surface area (Å²) in [5, 5.41) is 0. The van der Waals surface area contributed by atoms with Crippen LogP contribution in [0.1, 0.15) is 49.7 Å². The first-order valence-electron chi connectivity index (χ1n) is 9.83. The van der Waals surface area contributed by atoms with Crippen molar-refractivity contribution >= 4 is 11.8 Å². The summed E-state index contributed by atoms with van der Waals surface area (Å²) in [6, 6.07) is 10.8. The predicted molar refractivity (Wildman–Crippen MR) is 111 cm³/mol. The number of rotatable bonds is 8. The molecular weight excluding hydrogens is 470 g/mol. The van der Waals surface area contributed by atoms with Crippen LogP contribution in [-0.2, 0) is 9.59 Å². The molecule has 0 fully saturated rings. The van der Waals surface area contributed by atoms with E-state index in [1.165, 1.54) is 48.5 Å². The second kappa shape index (κ2) is 12.1. The van der Waals surface area contributed by atoms with Gasteiger partial charge in [-0.2, -0.15) is 0 Å². The number of hydrogen-bond donors (Lipinski definition) is 2. The first-order chi connectivity index (χ1) is 15.6. The van der Waals surface area contributed by atoms with Crippen molar-refractivity contribution in [3.05, 3.63) is 59.7 Å². The molecule has 0 aliphatic carbocycles. The number of carbonyl (C=O) groups is 2. The molecule has 0 radical (unpaired) electrons. The van der Waals surface area contributed by atoms with Gasteiger partial charge in [-0.05, 0) is 47.2 Å². The second-order valence-electron chi connectivity index (χ2n) is 7.38. The lowest BCUT2D eigenvalue weighted by molar-refractivity contribution is -0.275. The highest BCUT2D eigenvalue weighted by Gasteiger charge is 2.31. The third kappa shape index (κ3) is 12.0. The molecule has 2 amide bonds. The smallest absolute Gasteiger partial charge is 0.406 e. The van der Waals surface area contributed by atoms with E-state index >= 15 is 0 Å². The maximum absolute atomic E-state index is 11.9. The SMILES string of the molecule is C[C@@H](CC(N)=O)c1ccc(OC(F)(F)F)cc1.C[C@H](CC(N)=O)c1ccc(OC(F)(F)F)cc1. The Kier molecular flexibility index (Phi) is 10.2. The zero-order valence-corrected chi connectivity index (χ0v) is 18.2. The Balaban J connectivity index is 0.000000340. The summed E-state index contributed by atoms with van der Waals surface area (Å²) in [5.74, 6) is -1.74. The molecule has 0 saturated heterocycles. The largest absolute Gasteiger partial charge is 0.573 e. The second-order valence-corrected chi connectivity index (χ2v) is 7.38. The van der Waals surface area contributed by atoms with E-state index in [0.717, 1.165) is 11.1 Å². The van der Waals surface area contributed by atoms with Gasteiger partial charge in [-0.1, -0.05) is 38.1 Å². The summed E-state index contributed by atoms with van der Waals surface area (Å²) in [6.07, 6.45) is -9.08. The van der Waals surface area contributed by atoms with Crippen molar-refractivity contribution in [1.82, 2.24) is 0 Å². The van der Waals surface area contributed by atoms with Crippen LogP contribution in [0.4, 0.5) is 26.3 Å². The lowest BCUT2D eigenvalue weighted by Gasteiger charge is -2.12. The summed E-state index contributed by atoms with van der Waals surface area (Å²) in [5.41, 5.74) is 11.5. The van der Waals surface area contributed by atoms with Crippen molar-refractivity contribution in [1.29, 1.82) is 0 Å². The zero-order chi connectivity index (χ0) is 26.1. The van der Waals surface area contributed by atoms with Gasteiger partial charge in [0.1, 0.15) is 11.5 Å². The standard InChI is InChI=1S/2C11H12F3NO2/c2*1-7(6-10(15)16)8-2-4-9(5-3-8)17-11(12,13)14/h2*2-5,7H,6H2,1H3,(H2,15,16)/t2*7-/m10/s1. The van der Waals surface area contributed by atoms with Crippen molar-refractivity contribution in [2.75, 3.05) is 0 Å². The molecule has 4 N–H and O–H groups in total. The molecule has 2 aromatic rings. The van der Waals surface area contributed by atoms with Gasteiger partial charge in [0.25, 0.3) is 0 Å². The fraction of sp³-hybridized carbons (Fsp3) is 0.364. The molecule has 0 heterocycles. The van der Waals surface area contributed by atoms with E-state index in [4.69, 9.17) is 11.5 Å². The first-order valence-corrected chi connectivity index (χ1v) is 9.83. The van der Waals surface area contributed by atoms with Gasteiger partial charge in [-0.25, -0.2) is 0 Å². The van der Waals surface area contributed by atoms with Crippen molar-refractivity contribution in [3.63, 3.8) is 0 Å². The number of benzene rings is 2. The van der Waals surface area contributed by atoms with Crippen LogP contribution in [0.15, 0.2) is 48.5 Å². The number of ether oxygens (including phenoxy) is 2. The molecule has 0 aromatic heterocycles. The van der Waals surface area contributed by atoms with E-state index in [0.29, 0.717) is 0 Å². The molecular formula is C22H24F6N2O4. The number of halogens is 6. The van der Waals surface area contributed by atoms with Gasteiger partial charge in [0.15, 0.2) is 0 Å². The molecule has 0 bridgehead atoms. The molecule has 2 atom stereocenters. The maximum atomic E-state index is 11.9. The quantitative estimate of drug-likeness (QED) is 0.497. The third-order valence-electron chi connectivity index (χ3n) is 4.38. The molecule has 0 saturated carbocycles. The van der Waals surface area contributed by atoms with Crippen LogP contribution in [0.2, 0.25) is 0 Å². The molecule has 0 unspecified atom stereocenters. The number of alkyl halides is 6. The van der Waals surface area contributed by atoms with Crippen molar-refractivity contribution < 1.29 is 45.4 Å². The molecule has 188 valence electrons. The van der Waals surface area contributed by atoms with E-state index in [1.54, 1.807) is 13.8 Å². The molecule has 34 heavy (non-hydrogen) atoms. The van der Waals surface area contributed by atoms with E-state index in [2.05, 4.69) is 9.47 Å². The van der Waals surface area contributed by atoms with Gasteiger partial charge in [0.05, 0.1) is 0 Å². The van der Waals surface area contributed by atoms with Crippen LogP contribution in [0, 0.1) is 0 Å². The van der Waals surface area contributed by atoms with Gasteiger partial charge in [0, 0.05) is 12.8 Å². The Morgan fingerprint density at radius 3 is 1.15 bits per heavy atom. The Bertz CT molecular complexity index is 851. The number of primary amides is 2. The van der Waals surface area contributed by atoms with Crippen LogP contribution in [0.3, 0.4) is 0 Å². The molecule has 6 nitrogen and oxygen atoms in total. The summed E-state index contributed by atoms with van der Waals surface area (Å²) >= 11 is 0. The Morgan fingerprint density at radius 2 is 0.941 bits per heavy atom. The lowest BCUT2D eigenvalue weighted by Crippen LogP contribution is -2.17. The van der Waals surface area contributed by atoms with Crippen LogP contribution in [-0.4, -0.2) is 24.5 Å². The average Bonchev–Trinajstić information content (AvgIpc) is 2.66. The molecule has 0 spiro atoms. The Labute approximate surface area is 191 Å². The highest BCUT2D eigenvalue weighted by molar-refractivity contribution is 5.75. The number of hydrogen-bond acceptors (Lipinski definition) is 4.